The molecule has 0 aromatic carbocycles. The summed E-state index contributed by atoms with van der Waals surface area (Å²) in [5, 5.41) is 0. The van der Waals surface area contributed by atoms with Gasteiger partial charge in [-0.15, -0.1) is 0 Å². The van der Waals surface area contributed by atoms with Gasteiger partial charge in [0.1, 0.15) is 13.2 Å². The van der Waals surface area contributed by atoms with E-state index in [2.05, 4.69) is 118 Å². The van der Waals surface area contributed by atoms with Crippen molar-refractivity contribution in [3.63, 3.8) is 0 Å². The first-order valence-electron chi connectivity index (χ1n) is 29.7. The molecule has 1 atom stereocenters. The predicted octanol–water partition coefficient (Wildman–Crippen LogP) is 20.1. The predicted molar refractivity (Wildman–Crippen MR) is 307 cm³/mol. The third-order valence-electron chi connectivity index (χ3n) is 12.6. The Hall–Kier alpha value is -3.67. The van der Waals surface area contributed by atoms with Crippen molar-refractivity contribution in [3.8, 4) is 0 Å². The van der Waals surface area contributed by atoms with E-state index in [-0.39, 0.29) is 37.5 Å². The maximum Gasteiger partial charge on any atom is 0.306 e. The summed E-state index contributed by atoms with van der Waals surface area (Å²) in [6.07, 6.45) is 78.3. The molecule has 0 bridgehead atoms. The molecule has 71 heavy (non-hydrogen) atoms. The number of hydrogen-bond acceptors (Lipinski definition) is 6. The van der Waals surface area contributed by atoms with Crippen molar-refractivity contribution in [1.82, 2.24) is 0 Å². The number of hydrogen-bond donors (Lipinski definition) is 0. The average Bonchev–Trinajstić information content (AvgIpc) is 3.37. The van der Waals surface area contributed by atoms with E-state index in [4.69, 9.17) is 14.2 Å². The Morgan fingerprint density at radius 3 is 0.930 bits per heavy atom. The van der Waals surface area contributed by atoms with Crippen molar-refractivity contribution in [3.05, 3.63) is 97.2 Å². The molecule has 0 spiro atoms. The van der Waals surface area contributed by atoms with Crippen LogP contribution in [0.1, 0.15) is 278 Å². The summed E-state index contributed by atoms with van der Waals surface area (Å²) >= 11 is 0. The second kappa shape index (κ2) is 58.9. The van der Waals surface area contributed by atoms with Gasteiger partial charge in [0.2, 0.25) is 0 Å². The molecule has 0 aliphatic heterocycles. The number of unbranched alkanes of at least 4 members (excludes halogenated alkanes) is 26. The zero-order valence-electron chi connectivity index (χ0n) is 46.5. The minimum atomic E-state index is -0.817. The maximum atomic E-state index is 12.8. The van der Waals surface area contributed by atoms with Crippen LogP contribution in [0.2, 0.25) is 0 Å². The van der Waals surface area contributed by atoms with Crippen molar-refractivity contribution in [1.29, 1.82) is 0 Å². The second-order valence-corrected chi connectivity index (χ2v) is 19.5. The van der Waals surface area contributed by atoms with Crippen LogP contribution in [0.15, 0.2) is 97.2 Å². The fraction of sp³-hybridized carbons (Fsp3) is 0.708. The highest BCUT2D eigenvalue weighted by Gasteiger charge is 2.19. The molecule has 0 aromatic heterocycles. The SMILES string of the molecule is CC/C=C\C/C=C\C/C=C\C/C=C\C/C=C\CCCC(=O)O[C@H](COC(=O)CCCCCC/C=C\C/C=C\C/C=C\CCCCC)COC(=O)CCCCCCCCCCCCCCCCCCCCC. The number of esters is 3. The lowest BCUT2D eigenvalue weighted by Crippen LogP contribution is -2.30. The minimum Gasteiger partial charge on any atom is -0.462 e. The number of allylic oxidation sites excluding steroid dienone is 16. The van der Waals surface area contributed by atoms with Crippen LogP contribution in [0.3, 0.4) is 0 Å². The first-order chi connectivity index (χ1) is 35.0. The standard InChI is InChI=1S/C65H110O6/c1-4-7-10-13-16-19-22-25-28-31-32-35-37-40-43-46-49-52-55-58-64(67)70-61-62(71-65(68)59-56-53-50-47-44-41-38-34-30-27-24-21-18-15-12-9-6-3)60-69-63(66)57-54-51-48-45-42-39-36-33-29-26-23-20-17-14-11-8-5-2/h9,12,17-18,20-21,26-27,29-30,36,38-39,41,47,50,62H,4-8,10-11,13-16,19,22-25,28,31-35,37,40,42-46,48-49,51-61H2,1-3H3/b12-9-,20-17-,21-18-,29-26-,30-27-,39-36-,41-38-,50-47-/t62-/m1/s1. The van der Waals surface area contributed by atoms with E-state index in [9.17, 15) is 14.4 Å². The average molecular weight is 988 g/mol. The summed E-state index contributed by atoms with van der Waals surface area (Å²) in [6.45, 7) is 6.45. The molecular formula is C65H110O6. The molecule has 0 amide bonds. The molecule has 0 rings (SSSR count). The first-order valence-corrected chi connectivity index (χ1v) is 29.7. The normalized spacial score (nSPS) is 12.8. The smallest absolute Gasteiger partial charge is 0.306 e. The van der Waals surface area contributed by atoms with Crippen LogP contribution in [0.4, 0.5) is 0 Å². The Balaban J connectivity index is 4.48. The van der Waals surface area contributed by atoms with Crippen molar-refractivity contribution in [2.45, 2.75) is 284 Å². The summed E-state index contributed by atoms with van der Waals surface area (Å²) in [4.78, 5) is 38.2. The van der Waals surface area contributed by atoms with E-state index in [1.807, 2.05) is 0 Å². The molecule has 0 N–H and O–H groups in total. The zero-order valence-corrected chi connectivity index (χ0v) is 46.5. The van der Waals surface area contributed by atoms with Gasteiger partial charge in [-0.2, -0.15) is 0 Å². The van der Waals surface area contributed by atoms with Gasteiger partial charge in [-0.3, -0.25) is 14.4 Å². The van der Waals surface area contributed by atoms with Crippen LogP contribution in [-0.4, -0.2) is 37.2 Å². The van der Waals surface area contributed by atoms with E-state index in [0.717, 1.165) is 103 Å². The van der Waals surface area contributed by atoms with Crippen molar-refractivity contribution >= 4 is 17.9 Å². The third kappa shape index (κ3) is 57.1. The fourth-order valence-corrected chi connectivity index (χ4v) is 8.13. The largest absolute Gasteiger partial charge is 0.462 e. The summed E-state index contributed by atoms with van der Waals surface area (Å²) in [5.41, 5.74) is 0. The van der Waals surface area contributed by atoms with Crippen LogP contribution in [0.25, 0.3) is 0 Å². The summed E-state index contributed by atoms with van der Waals surface area (Å²) in [7, 11) is 0. The lowest BCUT2D eigenvalue weighted by molar-refractivity contribution is -0.167. The van der Waals surface area contributed by atoms with Gasteiger partial charge < -0.3 is 14.2 Å². The molecule has 0 saturated heterocycles. The minimum absolute atomic E-state index is 0.106. The molecule has 0 fully saturated rings. The lowest BCUT2D eigenvalue weighted by Gasteiger charge is -2.18. The van der Waals surface area contributed by atoms with Gasteiger partial charge >= 0.3 is 17.9 Å². The molecule has 0 aromatic rings. The summed E-state index contributed by atoms with van der Waals surface area (Å²) in [5.74, 6) is -0.981. The number of carbonyl (C=O) groups excluding carboxylic acids is 3. The monoisotopic (exact) mass is 987 g/mol. The second-order valence-electron chi connectivity index (χ2n) is 19.5. The summed E-state index contributed by atoms with van der Waals surface area (Å²) in [6, 6.07) is 0. The van der Waals surface area contributed by atoms with Gasteiger partial charge in [0, 0.05) is 19.3 Å². The lowest BCUT2D eigenvalue weighted by atomic mass is 10.0. The molecule has 6 nitrogen and oxygen atoms in total. The highest BCUT2D eigenvalue weighted by molar-refractivity contribution is 5.71. The quantitative estimate of drug-likeness (QED) is 0.0261. The molecule has 0 radical (unpaired) electrons. The Morgan fingerprint density at radius 2 is 0.563 bits per heavy atom. The number of rotatable bonds is 53. The van der Waals surface area contributed by atoms with Gasteiger partial charge in [0.05, 0.1) is 0 Å². The molecule has 0 aliphatic rings. The molecule has 0 heterocycles. The zero-order chi connectivity index (χ0) is 51.4. The van der Waals surface area contributed by atoms with Gasteiger partial charge in [-0.1, -0.05) is 259 Å². The van der Waals surface area contributed by atoms with E-state index in [1.54, 1.807) is 0 Å². The van der Waals surface area contributed by atoms with Crippen LogP contribution >= 0.6 is 0 Å². The molecule has 6 heteroatoms. The third-order valence-corrected chi connectivity index (χ3v) is 12.6. The Labute approximate surface area is 438 Å². The van der Waals surface area contributed by atoms with Gasteiger partial charge in [-0.05, 0) is 96.3 Å². The van der Waals surface area contributed by atoms with E-state index >= 15 is 0 Å². The Bertz CT molecular complexity index is 1410. The Kier molecular flexibility index (Phi) is 55.9. The highest BCUT2D eigenvalue weighted by atomic mass is 16.6. The maximum absolute atomic E-state index is 12.8. The molecule has 0 aliphatic carbocycles. The van der Waals surface area contributed by atoms with Gasteiger partial charge in [0.25, 0.3) is 0 Å². The van der Waals surface area contributed by atoms with Gasteiger partial charge in [-0.25, -0.2) is 0 Å². The van der Waals surface area contributed by atoms with Crippen LogP contribution in [0, 0.1) is 0 Å². The molecular weight excluding hydrogens is 877 g/mol. The summed E-state index contributed by atoms with van der Waals surface area (Å²) < 4.78 is 16.8. The van der Waals surface area contributed by atoms with Crippen molar-refractivity contribution in [2.24, 2.45) is 0 Å². The Morgan fingerprint density at radius 1 is 0.296 bits per heavy atom. The van der Waals surface area contributed by atoms with Crippen LogP contribution in [0.5, 0.6) is 0 Å². The van der Waals surface area contributed by atoms with E-state index < -0.39 is 6.10 Å². The van der Waals surface area contributed by atoms with Crippen molar-refractivity contribution in [2.75, 3.05) is 13.2 Å². The van der Waals surface area contributed by atoms with Crippen LogP contribution in [-0.2, 0) is 28.6 Å². The topological polar surface area (TPSA) is 78.9 Å². The van der Waals surface area contributed by atoms with Gasteiger partial charge in [0.15, 0.2) is 6.10 Å². The van der Waals surface area contributed by atoms with Crippen LogP contribution < -0.4 is 0 Å². The van der Waals surface area contributed by atoms with E-state index in [0.29, 0.717) is 19.3 Å². The molecule has 0 saturated carbocycles. The van der Waals surface area contributed by atoms with E-state index in [1.165, 1.54) is 128 Å². The fourth-order valence-electron chi connectivity index (χ4n) is 8.13. The number of ether oxygens (including phenoxy) is 3. The molecule has 0 unspecified atom stereocenters. The first kappa shape index (κ1) is 67.3. The number of carbonyl (C=O) groups is 3. The van der Waals surface area contributed by atoms with Crippen molar-refractivity contribution < 1.29 is 28.6 Å². The highest BCUT2D eigenvalue weighted by Crippen LogP contribution is 2.16. The molecule has 406 valence electrons.